The van der Waals surface area contributed by atoms with Crippen LogP contribution in [0.2, 0.25) is 5.02 Å². The van der Waals surface area contributed by atoms with E-state index in [-0.39, 0.29) is 17.4 Å². The Hall–Kier alpha value is -0.880. The molecule has 0 spiro atoms. The van der Waals surface area contributed by atoms with Gasteiger partial charge < -0.3 is 14.9 Å². The van der Waals surface area contributed by atoms with Crippen molar-refractivity contribution in [2.45, 2.75) is 25.0 Å². The molecular weight excluding hydrogens is 285 g/mol. The first-order valence-electron chi connectivity index (χ1n) is 6.55. The highest BCUT2D eigenvalue weighted by molar-refractivity contribution is 6.32. The summed E-state index contributed by atoms with van der Waals surface area (Å²) in [7, 11) is 1.37. The summed E-state index contributed by atoms with van der Waals surface area (Å²) in [5.74, 6) is -0.453. The first-order valence-corrected chi connectivity index (χ1v) is 6.93. The molecule has 1 aliphatic rings. The lowest BCUT2D eigenvalue weighted by atomic mass is 9.93. The zero-order valence-electron chi connectivity index (χ0n) is 11.4. The van der Waals surface area contributed by atoms with E-state index in [2.05, 4.69) is 0 Å². The van der Waals surface area contributed by atoms with E-state index in [4.69, 9.17) is 16.3 Å². The third-order valence-corrected chi connectivity index (χ3v) is 3.88. The van der Waals surface area contributed by atoms with Crippen molar-refractivity contribution >= 4 is 11.6 Å². The molecule has 0 bridgehead atoms. The molecule has 20 heavy (non-hydrogen) atoms. The maximum absolute atomic E-state index is 13.8. The molecule has 0 amide bonds. The Kier molecular flexibility index (Phi) is 4.86. The molecule has 1 heterocycles. The van der Waals surface area contributed by atoms with Gasteiger partial charge in [0.1, 0.15) is 5.60 Å². The molecule has 0 saturated carbocycles. The number of nitrogens with zero attached hydrogens (tertiary/aromatic N) is 1. The fraction of sp³-hybridized carbons (Fsp3) is 0.571. The molecule has 1 unspecified atom stereocenters. The van der Waals surface area contributed by atoms with Gasteiger partial charge in [0, 0.05) is 13.1 Å². The van der Waals surface area contributed by atoms with E-state index < -0.39 is 11.4 Å². The average Bonchev–Trinajstić information content (AvgIpc) is 2.38. The number of aliphatic hydroxyl groups is 2. The summed E-state index contributed by atoms with van der Waals surface area (Å²) in [5.41, 5.74) is -0.344. The highest BCUT2D eigenvalue weighted by atomic mass is 35.5. The van der Waals surface area contributed by atoms with Gasteiger partial charge in [0.15, 0.2) is 11.6 Å². The maximum atomic E-state index is 13.8. The van der Waals surface area contributed by atoms with E-state index in [0.717, 1.165) is 18.5 Å². The number of ether oxygens (including phenoxy) is 1. The molecule has 6 heteroatoms. The number of methoxy groups -OCH3 is 1. The van der Waals surface area contributed by atoms with Crippen LogP contribution in [0.5, 0.6) is 5.75 Å². The molecule has 2 rings (SSSR count). The number of β-amino-alcohol motifs (C(OH)–C–C–N with tert-alkyl or cyclic N) is 1. The normalized spacial score (nSPS) is 23.9. The number of piperidine rings is 1. The van der Waals surface area contributed by atoms with E-state index >= 15 is 0 Å². The number of rotatable bonds is 4. The smallest absolute Gasteiger partial charge is 0.173 e. The van der Waals surface area contributed by atoms with Gasteiger partial charge in [-0.3, -0.25) is 4.90 Å². The van der Waals surface area contributed by atoms with Crippen molar-refractivity contribution in [2.75, 3.05) is 26.8 Å². The average molecular weight is 304 g/mol. The van der Waals surface area contributed by atoms with Crippen molar-refractivity contribution in [1.29, 1.82) is 0 Å². The molecule has 4 nitrogen and oxygen atoms in total. The van der Waals surface area contributed by atoms with Gasteiger partial charge in [0.25, 0.3) is 0 Å². The van der Waals surface area contributed by atoms with Gasteiger partial charge in [-0.1, -0.05) is 11.6 Å². The van der Waals surface area contributed by atoms with Crippen LogP contribution in [-0.2, 0) is 6.54 Å². The van der Waals surface area contributed by atoms with Crippen LogP contribution in [0.25, 0.3) is 0 Å². The standard InChI is InChI=1S/C14H19ClFNO3/c1-20-13-11(15)5-10(6-12(13)16)7-17-4-2-3-14(19,8-17)9-18/h5-6,18-19H,2-4,7-9H2,1H3. The SMILES string of the molecule is COc1c(F)cc(CN2CCCC(O)(CO)C2)cc1Cl. The van der Waals surface area contributed by atoms with Crippen molar-refractivity contribution < 1.29 is 19.3 Å². The Balaban J connectivity index is 2.10. The summed E-state index contributed by atoms with van der Waals surface area (Å²) in [5, 5.41) is 19.6. The van der Waals surface area contributed by atoms with Crippen LogP contribution >= 0.6 is 11.6 Å². The number of likely N-dealkylation sites (tertiary alicyclic amines) is 1. The zero-order valence-corrected chi connectivity index (χ0v) is 12.2. The third kappa shape index (κ3) is 3.41. The first-order chi connectivity index (χ1) is 9.47. The summed E-state index contributed by atoms with van der Waals surface area (Å²) in [6.45, 7) is 1.38. The van der Waals surface area contributed by atoms with Gasteiger partial charge in [-0.2, -0.15) is 0 Å². The fourth-order valence-electron chi connectivity index (χ4n) is 2.63. The molecular formula is C14H19ClFNO3. The molecule has 1 aliphatic heterocycles. The second-order valence-corrected chi connectivity index (χ2v) is 5.70. The van der Waals surface area contributed by atoms with Gasteiger partial charge in [-0.05, 0) is 37.1 Å². The highest BCUT2D eigenvalue weighted by Gasteiger charge is 2.32. The molecule has 1 fully saturated rings. The lowest BCUT2D eigenvalue weighted by molar-refractivity contribution is -0.0687. The summed E-state index contributed by atoms with van der Waals surface area (Å²) in [6.07, 6.45) is 1.38. The predicted molar refractivity (Wildman–Crippen MR) is 74.5 cm³/mol. The Morgan fingerprint density at radius 1 is 1.50 bits per heavy atom. The zero-order chi connectivity index (χ0) is 14.8. The number of hydrogen-bond donors (Lipinski definition) is 2. The van der Waals surface area contributed by atoms with Crippen LogP contribution in [0, 0.1) is 5.82 Å². The summed E-state index contributed by atoms with van der Waals surface area (Å²) in [6, 6.07) is 3.05. The molecule has 112 valence electrons. The second kappa shape index (κ2) is 6.26. The largest absolute Gasteiger partial charge is 0.492 e. The van der Waals surface area contributed by atoms with E-state index in [1.165, 1.54) is 13.2 Å². The molecule has 0 aromatic heterocycles. The number of hydrogen-bond acceptors (Lipinski definition) is 4. The Morgan fingerprint density at radius 2 is 2.25 bits per heavy atom. The Labute approximate surface area is 122 Å². The molecule has 2 N–H and O–H groups in total. The molecule has 1 saturated heterocycles. The first kappa shape index (κ1) is 15.5. The van der Waals surface area contributed by atoms with Gasteiger partial charge in [0.05, 0.1) is 18.7 Å². The minimum absolute atomic E-state index is 0.0425. The second-order valence-electron chi connectivity index (χ2n) is 5.29. The summed E-state index contributed by atoms with van der Waals surface area (Å²) in [4.78, 5) is 1.98. The third-order valence-electron chi connectivity index (χ3n) is 3.60. The minimum Gasteiger partial charge on any atom is -0.492 e. The number of aliphatic hydroxyl groups excluding tert-OH is 1. The van der Waals surface area contributed by atoms with Gasteiger partial charge in [-0.15, -0.1) is 0 Å². The summed E-state index contributed by atoms with van der Waals surface area (Å²) < 4.78 is 18.6. The molecule has 0 aliphatic carbocycles. The van der Waals surface area contributed by atoms with Crippen LogP contribution in [0.15, 0.2) is 12.1 Å². The van der Waals surface area contributed by atoms with E-state index in [9.17, 15) is 14.6 Å². The monoisotopic (exact) mass is 303 g/mol. The molecule has 0 radical (unpaired) electrons. The van der Waals surface area contributed by atoms with Crippen LogP contribution < -0.4 is 4.74 Å². The van der Waals surface area contributed by atoms with Crippen molar-refractivity contribution in [3.8, 4) is 5.75 Å². The quantitative estimate of drug-likeness (QED) is 0.891. The Morgan fingerprint density at radius 3 is 2.85 bits per heavy atom. The molecule has 1 atom stereocenters. The molecule has 1 aromatic carbocycles. The van der Waals surface area contributed by atoms with Gasteiger partial charge >= 0.3 is 0 Å². The van der Waals surface area contributed by atoms with Crippen molar-refractivity contribution in [3.05, 3.63) is 28.5 Å². The highest BCUT2D eigenvalue weighted by Crippen LogP contribution is 2.30. The van der Waals surface area contributed by atoms with Crippen LogP contribution in [0.4, 0.5) is 4.39 Å². The van der Waals surface area contributed by atoms with Crippen molar-refractivity contribution in [3.63, 3.8) is 0 Å². The van der Waals surface area contributed by atoms with E-state index in [0.29, 0.717) is 19.5 Å². The van der Waals surface area contributed by atoms with Crippen molar-refractivity contribution in [2.24, 2.45) is 0 Å². The summed E-state index contributed by atoms with van der Waals surface area (Å²) >= 11 is 5.96. The minimum atomic E-state index is -1.06. The Bertz CT molecular complexity index is 462. The van der Waals surface area contributed by atoms with E-state index in [1.54, 1.807) is 6.07 Å². The number of benzene rings is 1. The predicted octanol–water partition coefficient (Wildman–Crippen LogP) is 1.81. The fourth-order valence-corrected chi connectivity index (χ4v) is 2.93. The van der Waals surface area contributed by atoms with Crippen LogP contribution in [0.3, 0.4) is 0 Å². The van der Waals surface area contributed by atoms with Gasteiger partial charge in [-0.25, -0.2) is 4.39 Å². The van der Waals surface area contributed by atoms with Gasteiger partial charge in [0.2, 0.25) is 0 Å². The lowest BCUT2D eigenvalue weighted by Crippen LogP contribution is -2.50. The van der Waals surface area contributed by atoms with Crippen LogP contribution in [-0.4, -0.2) is 47.5 Å². The maximum Gasteiger partial charge on any atom is 0.173 e. The van der Waals surface area contributed by atoms with Crippen molar-refractivity contribution in [1.82, 2.24) is 4.90 Å². The van der Waals surface area contributed by atoms with E-state index in [1.807, 2.05) is 4.90 Å². The van der Waals surface area contributed by atoms with Crippen LogP contribution in [0.1, 0.15) is 18.4 Å². The molecule has 1 aromatic rings. The number of halogens is 2. The topological polar surface area (TPSA) is 52.9 Å². The lowest BCUT2D eigenvalue weighted by Gasteiger charge is -2.38.